The Kier molecular flexibility index (Phi) is 3.37. The second-order valence-electron chi connectivity index (χ2n) is 3.33. The van der Waals surface area contributed by atoms with Crippen molar-refractivity contribution in [1.82, 2.24) is 0 Å². The van der Waals surface area contributed by atoms with Gasteiger partial charge in [0.15, 0.2) is 0 Å². The summed E-state index contributed by atoms with van der Waals surface area (Å²) >= 11 is 3.34. The first-order chi connectivity index (χ1) is 7.75. The average Bonchev–Trinajstić information content (AvgIpc) is 2.30. The summed E-state index contributed by atoms with van der Waals surface area (Å²) in [6.07, 6.45) is 0. The quantitative estimate of drug-likeness (QED) is 0.890. The predicted molar refractivity (Wildman–Crippen MR) is 68.5 cm³/mol. The van der Waals surface area contributed by atoms with Crippen molar-refractivity contribution in [2.24, 2.45) is 0 Å². The van der Waals surface area contributed by atoms with Crippen molar-refractivity contribution in [3.05, 3.63) is 64.6 Å². The smallest absolute Gasteiger partial charge is 0.255 e. The SMILES string of the molecule is O=C(Nc1ccccc1)c1cccc(Br)c1. The van der Waals surface area contributed by atoms with Gasteiger partial charge in [-0.05, 0) is 30.3 Å². The molecule has 1 N–H and O–H groups in total. The minimum absolute atomic E-state index is 0.104. The lowest BCUT2D eigenvalue weighted by Gasteiger charge is -2.04. The van der Waals surface area contributed by atoms with Gasteiger partial charge in [-0.2, -0.15) is 0 Å². The molecule has 0 radical (unpaired) electrons. The molecule has 3 heteroatoms. The number of para-hydroxylation sites is 1. The number of benzene rings is 2. The Labute approximate surface area is 102 Å². The van der Waals surface area contributed by atoms with E-state index in [0.717, 1.165) is 10.2 Å². The van der Waals surface area contributed by atoms with Crippen LogP contribution in [0.25, 0.3) is 0 Å². The highest BCUT2D eigenvalue weighted by Crippen LogP contribution is 2.13. The molecule has 0 bridgehead atoms. The standard InChI is InChI=1S/C13H10BrNO/c14-11-6-4-5-10(9-11)13(16)15-12-7-2-1-3-8-12/h1-9H,(H,15,16). The lowest BCUT2D eigenvalue weighted by Crippen LogP contribution is -2.11. The van der Waals surface area contributed by atoms with Crippen LogP contribution in [-0.4, -0.2) is 5.91 Å². The summed E-state index contributed by atoms with van der Waals surface area (Å²) in [5.41, 5.74) is 1.44. The summed E-state index contributed by atoms with van der Waals surface area (Å²) in [6.45, 7) is 0. The van der Waals surface area contributed by atoms with Gasteiger partial charge in [0, 0.05) is 15.7 Å². The first-order valence-electron chi connectivity index (χ1n) is 4.88. The van der Waals surface area contributed by atoms with E-state index in [4.69, 9.17) is 0 Å². The van der Waals surface area contributed by atoms with Crippen molar-refractivity contribution in [3.8, 4) is 0 Å². The number of hydrogen-bond donors (Lipinski definition) is 1. The second-order valence-corrected chi connectivity index (χ2v) is 4.25. The van der Waals surface area contributed by atoms with Crippen LogP contribution in [0.15, 0.2) is 59.1 Å². The number of anilines is 1. The van der Waals surface area contributed by atoms with Crippen molar-refractivity contribution < 1.29 is 4.79 Å². The Morgan fingerprint density at radius 2 is 1.75 bits per heavy atom. The molecule has 0 atom stereocenters. The minimum atomic E-state index is -0.104. The topological polar surface area (TPSA) is 29.1 Å². The highest BCUT2D eigenvalue weighted by atomic mass is 79.9. The number of nitrogens with one attached hydrogen (secondary N) is 1. The fourth-order valence-corrected chi connectivity index (χ4v) is 1.75. The Hall–Kier alpha value is -1.61. The molecule has 16 heavy (non-hydrogen) atoms. The minimum Gasteiger partial charge on any atom is -0.322 e. The van der Waals surface area contributed by atoms with Crippen LogP contribution in [0.5, 0.6) is 0 Å². The van der Waals surface area contributed by atoms with Crippen molar-refractivity contribution in [2.45, 2.75) is 0 Å². The molecule has 0 aliphatic heterocycles. The van der Waals surface area contributed by atoms with E-state index in [9.17, 15) is 4.79 Å². The van der Waals surface area contributed by atoms with Crippen LogP contribution < -0.4 is 5.32 Å². The first kappa shape index (κ1) is 10.9. The van der Waals surface area contributed by atoms with Crippen molar-refractivity contribution in [3.63, 3.8) is 0 Å². The normalized spacial score (nSPS) is 9.81. The molecule has 2 aromatic rings. The van der Waals surface area contributed by atoms with Gasteiger partial charge in [-0.1, -0.05) is 40.2 Å². The number of amides is 1. The predicted octanol–water partition coefficient (Wildman–Crippen LogP) is 3.70. The zero-order valence-electron chi connectivity index (χ0n) is 8.48. The third kappa shape index (κ3) is 2.70. The molecule has 0 fully saturated rings. The van der Waals surface area contributed by atoms with Crippen LogP contribution in [0.4, 0.5) is 5.69 Å². The zero-order valence-corrected chi connectivity index (χ0v) is 10.1. The molecule has 0 aromatic heterocycles. The van der Waals surface area contributed by atoms with Crippen LogP contribution in [0.3, 0.4) is 0 Å². The van der Waals surface area contributed by atoms with E-state index < -0.39 is 0 Å². The Bertz CT molecular complexity index is 496. The number of carbonyl (C=O) groups excluding carboxylic acids is 1. The molecule has 2 nitrogen and oxygen atoms in total. The summed E-state index contributed by atoms with van der Waals surface area (Å²) in [5, 5.41) is 2.83. The fourth-order valence-electron chi connectivity index (χ4n) is 1.35. The molecular formula is C13H10BrNO. The zero-order chi connectivity index (χ0) is 11.4. The van der Waals surface area contributed by atoms with Gasteiger partial charge in [0.25, 0.3) is 5.91 Å². The number of rotatable bonds is 2. The molecule has 0 unspecified atom stereocenters. The molecule has 0 heterocycles. The van der Waals surface area contributed by atoms with Crippen LogP contribution in [-0.2, 0) is 0 Å². The number of halogens is 1. The van der Waals surface area contributed by atoms with E-state index >= 15 is 0 Å². The Balaban J connectivity index is 2.15. The van der Waals surface area contributed by atoms with Crippen LogP contribution >= 0.6 is 15.9 Å². The van der Waals surface area contributed by atoms with Crippen molar-refractivity contribution in [1.29, 1.82) is 0 Å². The van der Waals surface area contributed by atoms with Gasteiger partial charge >= 0.3 is 0 Å². The third-order valence-electron chi connectivity index (χ3n) is 2.12. The van der Waals surface area contributed by atoms with E-state index in [2.05, 4.69) is 21.2 Å². The van der Waals surface area contributed by atoms with E-state index in [0.29, 0.717) is 5.56 Å². The van der Waals surface area contributed by atoms with Crippen LogP contribution in [0.1, 0.15) is 10.4 Å². The summed E-state index contributed by atoms with van der Waals surface area (Å²) in [5.74, 6) is -0.104. The molecular weight excluding hydrogens is 266 g/mol. The van der Waals surface area contributed by atoms with Crippen LogP contribution in [0.2, 0.25) is 0 Å². The lowest BCUT2D eigenvalue weighted by molar-refractivity contribution is 0.102. The molecule has 0 aliphatic carbocycles. The maximum absolute atomic E-state index is 11.8. The van der Waals surface area contributed by atoms with Gasteiger partial charge in [0.05, 0.1) is 0 Å². The summed E-state index contributed by atoms with van der Waals surface area (Å²) in [7, 11) is 0. The van der Waals surface area contributed by atoms with Gasteiger partial charge in [-0.25, -0.2) is 0 Å². The number of hydrogen-bond acceptors (Lipinski definition) is 1. The first-order valence-corrected chi connectivity index (χ1v) is 5.67. The number of carbonyl (C=O) groups is 1. The second kappa shape index (κ2) is 4.94. The molecule has 0 saturated carbocycles. The maximum atomic E-state index is 11.8. The monoisotopic (exact) mass is 275 g/mol. The van der Waals surface area contributed by atoms with Crippen molar-refractivity contribution >= 4 is 27.5 Å². The van der Waals surface area contributed by atoms with E-state index in [-0.39, 0.29) is 5.91 Å². The average molecular weight is 276 g/mol. The summed E-state index contributed by atoms with van der Waals surface area (Å²) in [4.78, 5) is 11.8. The van der Waals surface area contributed by atoms with Gasteiger partial charge < -0.3 is 5.32 Å². The van der Waals surface area contributed by atoms with Gasteiger partial charge in [-0.3, -0.25) is 4.79 Å². The molecule has 80 valence electrons. The molecule has 2 rings (SSSR count). The van der Waals surface area contributed by atoms with Gasteiger partial charge in [0.1, 0.15) is 0 Å². The maximum Gasteiger partial charge on any atom is 0.255 e. The third-order valence-corrected chi connectivity index (χ3v) is 2.61. The van der Waals surface area contributed by atoms with E-state index in [1.165, 1.54) is 0 Å². The van der Waals surface area contributed by atoms with E-state index in [1.54, 1.807) is 12.1 Å². The Morgan fingerprint density at radius 3 is 2.44 bits per heavy atom. The molecule has 0 spiro atoms. The lowest BCUT2D eigenvalue weighted by atomic mass is 10.2. The van der Waals surface area contributed by atoms with Crippen molar-refractivity contribution in [2.75, 3.05) is 5.32 Å². The fraction of sp³-hybridized carbons (Fsp3) is 0. The van der Waals surface area contributed by atoms with Gasteiger partial charge in [0.2, 0.25) is 0 Å². The summed E-state index contributed by atoms with van der Waals surface area (Å²) < 4.78 is 0.896. The largest absolute Gasteiger partial charge is 0.322 e. The van der Waals surface area contributed by atoms with Gasteiger partial charge in [-0.15, -0.1) is 0 Å². The highest BCUT2D eigenvalue weighted by Gasteiger charge is 2.05. The molecule has 1 amide bonds. The molecule has 0 aliphatic rings. The Morgan fingerprint density at radius 1 is 1.00 bits per heavy atom. The molecule has 2 aromatic carbocycles. The van der Waals surface area contributed by atoms with Crippen LogP contribution in [0, 0.1) is 0 Å². The van der Waals surface area contributed by atoms with E-state index in [1.807, 2.05) is 42.5 Å². The summed E-state index contributed by atoms with van der Waals surface area (Å²) in [6, 6.07) is 16.7. The highest BCUT2D eigenvalue weighted by molar-refractivity contribution is 9.10. The molecule has 0 saturated heterocycles.